The monoisotopic (exact) mass is 252 g/mol. The molecule has 0 spiro atoms. The summed E-state index contributed by atoms with van der Waals surface area (Å²) in [5.41, 5.74) is 2.65. The zero-order valence-electron chi connectivity index (χ0n) is 10.1. The first-order chi connectivity index (χ1) is 8.69. The number of nitrogens with two attached hydrogens (primary N) is 1. The number of benzene rings is 1. The molecular weight excluding hydrogens is 235 g/mol. The van der Waals surface area contributed by atoms with Crippen molar-refractivity contribution in [2.75, 3.05) is 6.61 Å². The third-order valence-electron chi connectivity index (χ3n) is 2.39. The van der Waals surface area contributed by atoms with E-state index in [0.29, 0.717) is 17.7 Å². The van der Waals surface area contributed by atoms with E-state index < -0.39 is 11.7 Å². The summed E-state index contributed by atoms with van der Waals surface area (Å²) in [4.78, 5) is 11.3. The molecule has 1 amide bonds. The van der Waals surface area contributed by atoms with Crippen LogP contribution in [0.25, 0.3) is 0 Å². The minimum absolute atomic E-state index is 0.134. The summed E-state index contributed by atoms with van der Waals surface area (Å²) >= 11 is 0. The number of amides is 1. The lowest BCUT2D eigenvalue weighted by molar-refractivity contribution is 0.0952. The molecule has 0 heterocycles. The minimum atomic E-state index is -0.456. The third-order valence-corrected chi connectivity index (χ3v) is 2.39. The number of ether oxygens (including phenoxy) is 1. The van der Waals surface area contributed by atoms with Crippen LogP contribution in [0.5, 0.6) is 0 Å². The highest BCUT2D eigenvalue weighted by atomic mass is 19.1. The van der Waals surface area contributed by atoms with E-state index in [0.717, 1.165) is 12.8 Å². The Morgan fingerprint density at radius 3 is 3.00 bits per heavy atom. The number of hydrogen-bond acceptors (Lipinski definition) is 3. The normalized spacial score (nSPS) is 10.1. The average Bonchev–Trinajstić information content (AvgIpc) is 2.39. The Morgan fingerprint density at radius 1 is 1.56 bits per heavy atom. The van der Waals surface area contributed by atoms with Crippen LogP contribution in [0.2, 0.25) is 0 Å². The molecule has 3 N–H and O–H groups in total. The Morgan fingerprint density at radius 2 is 2.33 bits per heavy atom. The SMILES string of the molecule is C=CCCCOCc1cc(C(=O)NN)ccc1F. The topological polar surface area (TPSA) is 64.3 Å². The lowest BCUT2D eigenvalue weighted by Crippen LogP contribution is -2.30. The van der Waals surface area contributed by atoms with Gasteiger partial charge in [0.25, 0.3) is 5.91 Å². The van der Waals surface area contributed by atoms with Gasteiger partial charge in [-0.05, 0) is 31.0 Å². The molecular formula is C13H17FN2O2. The van der Waals surface area contributed by atoms with Crippen LogP contribution in [0.1, 0.15) is 28.8 Å². The fourth-order valence-corrected chi connectivity index (χ4v) is 1.42. The molecule has 1 rings (SSSR count). The lowest BCUT2D eigenvalue weighted by atomic mass is 10.1. The van der Waals surface area contributed by atoms with E-state index in [-0.39, 0.29) is 6.61 Å². The quantitative estimate of drug-likeness (QED) is 0.256. The third kappa shape index (κ3) is 4.27. The summed E-state index contributed by atoms with van der Waals surface area (Å²) in [5.74, 6) is 4.16. The van der Waals surface area contributed by atoms with Gasteiger partial charge in [-0.3, -0.25) is 10.2 Å². The highest BCUT2D eigenvalue weighted by Gasteiger charge is 2.08. The Balaban J connectivity index is 2.58. The predicted octanol–water partition coefficient (Wildman–Crippen LogP) is 1.91. The molecule has 0 aliphatic heterocycles. The summed E-state index contributed by atoms with van der Waals surface area (Å²) in [7, 11) is 0. The van der Waals surface area contributed by atoms with E-state index in [1.54, 1.807) is 6.08 Å². The summed E-state index contributed by atoms with van der Waals surface area (Å²) in [6.07, 6.45) is 3.50. The maximum absolute atomic E-state index is 13.5. The average molecular weight is 252 g/mol. The Hall–Kier alpha value is -1.72. The van der Waals surface area contributed by atoms with Crippen molar-refractivity contribution >= 4 is 5.91 Å². The van der Waals surface area contributed by atoms with Crippen molar-refractivity contribution < 1.29 is 13.9 Å². The number of halogens is 1. The van der Waals surface area contributed by atoms with Crippen molar-refractivity contribution in [2.45, 2.75) is 19.4 Å². The first kappa shape index (κ1) is 14.3. The van der Waals surface area contributed by atoms with Crippen LogP contribution < -0.4 is 11.3 Å². The number of carbonyl (C=O) groups is 1. The van der Waals surface area contributed by atoms with Gasteiger partial charge in [0, 0.05) is 17.7 Å². The molecule has 98 valence electrons. The van der Waals surface area contributed by atoms with Crippen LogP contribution in [-0.4, -0.2) is 12.5 Å². The number of carbonyl (C=O) groups excluding carboxylic acids is 1. The zero-order valence-corrected chi connectivity index (χ0v) is 10.1. The Kier molecular flexibility index (Phi) is 6.04. The van der Waals surface area contributed by atoms with Crippen molar-refractivity contribution in [1.29, 1.82) is 0 Å². The number of allylic oxidation sites excluding steroid dienone is 1. The van der Waals surface area contributed by atoms with Gasteiger partial charge < -0.3 is 4.74 Å². The van der Waals surface area contributed by atoms with Gasteiger partial charge in [0.15, 0.2) is 0 Å². The summed E-state index contributed by atoms with van der Waals surface area (Å²) in [6.45, 7) is 4.26. The standard InChI is InChI=1S/C13H17FN2O2/c1-2-3-4-7-18-9-11-8-10(13(17)16-15)5-6-12(11)14/h2,5-6,8H,1,3-4,7,9,15H2,(H,16,17). The first-order valence-corrected chi connectivity index (χ1v) is 5.67. The van der Waals surface area contributed by atoms with Crippen molar-refractivity contribution in [3.63, 3.8) is 0 Å². The molecule has 0 aliphatic carbocycles. The molecule has 4 nitrogen and oxygen atoms in total. The molecule has 0 atom stereocenters. The van der Waals surface area contributed by atoms with E-state index >= 15 is 0 Å². The van der Waals surface area contributed by atoms with Crippen molar-refractivity contribution in [1.82, 2.24) is 5.43 Å². The predicted molar refractivity (Wildman–Crippen MR) is 67.1 cm³/mol. The summed E-state index contributed by atoms with van der Waals surface area (Å²) < 4.78 is 18.8. The molecule has 0 unspecified atom stereocenters. The summed E-state index contributed by atoms with van der Waals surface area (Å²) in [5, 5.41) is 0. The molecule has 5 heteroatoms. The van der Waals surface area contributed by atoms with Crippen LogP contribution in [0.3, 0.4) is 0 Å². The molecule has 0 bridgehead atoms. The second kappa shape index (κ2) is 7.58. The van der Waals surface area contributed by atoms with E-state index in [2.05, 4.69) is 6.58 Å². The lowest BCUT2D eigenvalue weighted by Gasteiger charge is -2.07. The van der Waals surface area contributed by atoms with Gasteiger partial charge in [0.2, 0.25) is 0 Å². The van der Waals surface area contributed by atoms with Gasteiger partial charge in [0.05, 0.1) is 6.61 Å². The van der Waals surface area contributed by atoms with Crippen LogP contribution in [-0.2, 0) is 11.3 Å². The van der Waals surface area contributed by atoms with Crippen molar-refractivity contribution in [2.24, 2.45) is 5.84 Å². The minimum Gasteiger partial charge on any atom is -0.377 e. The maximum atomic E-state index is 13.5. The van der Waals surface area contributed by atoms with Crippen molar-refractivity contribution in [3.8, 4) is 0 Å². The molecule has 1 aromatic carbocycles. The largest absolute Gasteiger partial charge is 0.377 e. The molecule has 0 saturated heterocycles. The molecule has 0 radical (unpaired) electrons. The number of rotatable bonds is 7. The van der Waals surface area contributed by atoms with Crippen molar-refractivity contribution in [3.05, 3.63) is 47.8 Å². The number of hydrazine groups is 1. The highest BCUT2D eigenvalue weighted by molar-refractivity contribution is 5.93. The smallest absolute Gasteiger partial charge is 0.265 e. The molecule has 1 aromatic rings. The zero-order chi connectivity index (χ0) is 13.4. The molecule has 0 aromatic heterocycles. The fourth-order valence-electron chi connectivity index (χ4n) is 1.42. The maximum Gasteiger partial charge on any atom is 0.265 e. The second-order valence-corrected chi connectivity index (χ2v) is 3.76. The van der Waals surface area contributed by atoms with Gasteiger partial charge in [-0.1, -0.05) is 6.08 Å². The van der Waals surface area contributed by atoms with Crippen LogP contribution in [0, 0.1) is 5.82 Å². The van der Waals surface area contributed by atoms with E-state index in [1.165, 1.54) is 18.2 Å². The summed E-state index contributed by atoms with van der Waals surface area (Å²) in [6, 6.07) is 4.04. The molecule has 18 heavy (non-hydrogen) atoms. The van der Waals surface area contributed by atoms with Crippen LogP contribution in [0.4, 0.5) is 4.39 Å². The second-order valence-electron chi connectivity index (χ2n) is 3.76. The van der Waals surface area contributed by atoms with Crippen LogP contribution >= 0.6 is 0 Å². The molecule has 0 fully saturated rings. The number of unbranched alkanes of at least 4 members (excludes halogenated alkanes) is 1. The van der Waals surface area contributed by atoms with Crippen LogP contribution in [0.15, 0.2) is 30.9 Å². The van der Waals surface area contributed by atoms with E-state index in [1.807, 2.05) is 5.43 Å². The number of nitrogen functional groups attached to an aromatic ring is 1. The van der Waals surface area contributed by atoms with Gasteiger partial charge in [-0.15, -0.1) is 6.58 Å². The fraction of sp³-hybridized carbons (Fsp3) is 0.308. The number of hydrogen-bond donors (Lipinski definition) is 2. The van der Waals surface area contributed by atoms with E-state index in [9.17, 15) is 9.18 Å². The molecule has 0 aliphatic rings. The first-order valence-electron chi connectivity index (χ1n) is 5.67. The highest BCUT2D eigenvalue weighted by Crippen LogP contribution is 2.12. The van der Waals surface area contributed by atoms with Gasteiger partial charge >= 0.3 is 0 Å². The van der Waals surface area contributed by atoms with Gasteiger partial charge in [-0.2, -0.15) is 0 Å². The Labute approximate surface area is 106 Å². The van der Waals surface area contributed by atoms with E-state index in [4.69, 9.17) is 10.6 Å². The molecule has 0 saturated carbocycles. The Bertz CT molecular complexity index is 421. The van der Waals surface area contributed by atoms with Gasteiger partial charge in [-0.25, -0.2) is 10.2 Å². The van der Waals surface area contributed by atoms with Gasteiger partial charge in [0.1, 0.15) is 5.82 Å². The number of nitrogens with one attached hydrogen (secondary N) is 1.